The van der Waals surface area contributed by atoms with Gasteiger partial charge in [0.2, 0.25) is 5.91 Å². The quantitative estimate of drug-likeness (QED) is 0.190. The molecule has 2 aliphatic heterocycles. The lowest BCUT2D eigenvalue weighted by Crippen LogP contribution is -2.63. The van der Waals surface area contributed by atoms with Crippen LogP contribution in [0.4, 0.5) is 16.2 Å². The number of likely N-dealkylation sites (N-methyl/N-ethyl adjacent to an activating group) is 1. The van der Waals surface area contributed by atoms with Crippen LogP contribution in [0.5, 0.6) is 5.75 Å². The van der Waals surface area contributed by atoms with E-state index in [4.69, 9.17) is 36.3 Å². The number of benzene rings is 2. The number of aromatic nitrogens is 1. The molecule has 5 rings (SSSR count). The molecule has 15 nitrogen and oxygen atoms in total. The van der Waals surface area contributed by atoms with Crippen molar-refractivity contribution in [2.45, 2.75) is 77.0 Å². The average molecular weight is 820 g/mol. The monoisotopic (exact) mass is 819 g/mol. The number of aliphatic hydroxyl groups excluding tert-OH is 1. The smallest absolute Gasteiger partial charge is 0.409 e. The lowest BCUT2D eigenvalue weighted by atomic mass is 9.85. The topological polar surface area (TPSA) is 203 Å². The molecular weight excluding hydrogens is 770 g/mol. The van der Waals surface area contributed by atoms with Gasteiger partial charge in [0.1, 0.15) is 40.5 Å². The Hall–Kier alpha value is -5.48. The molecule has 0 spiro atoms. The molecule has 16 heteroatoms. The number of hydrogen-bond acceptors (Lipinski definition) is 12. The van der Waals surface area contributed by atoms with E-state index in [2.05, 4.69) is 10.3 Å². The van der Waals surface area contributed by atoms with Gasteiger partial charge in [0, 0.05) is 50.8 Å². The molecule has 6 atom stereocenters. The maximum Gasteiger partial charge on any atom is 0.409 e. The van der Waals surface area contributed by atoms with Gasteiger partial charge in [-0.2, -0.15) is 0 Å². The number of halogens is 1. The first-order chi connectivity index (χ1) is 27.4. The number of amides is 3. The highest BCUT2D eigenvalue weighted by Gasteiger charge is 2.47. The first kappa shape index (κ1) is 43.6. The standard InChI is InChI=1S/C42H50ClN5O10/c1-22-10-9-11-35(56-8)42(54)20-34(58-41(53)46-42)24(3)38(50)23(2)32(19-36(49)48(6)31-15-26(14-22)16-33(55-7)37(31)43)57-40(52)25(4)47(5)39(51)30-18-27-12-13-29(44)17-28(27)21-45-30/h9-13,15-18,21,24-25,34-35,38,50,54H,14,19-20,44H2,1-8H3,(H,46,53)/b11-9+,22-10+,32-23-/t24-,25+,34+,35-,38-,42+/m1/s1. The molecule has 3 amide bonds. The maximum atomic E-state index is 14.1. The molecule has 1 saturated heterocycles. The second kappa shape index (κ2) is 18.0. The molecule has 58 heavy (non-hydrogen) atoms. The first-order valence-electron chi connectivity index (χ1n) is 18.6. The zero-order chi connectivity index (χ0) is 42.6. The van der Waals surface area contributed by atoms with Crippen molar-refractivity contribution in [1.29, 1.82) is 0 Å². The van der Waals surface area contributed by atoms with Crippen LogP contribution >= 0.6 is 11.6 Å². The van der Waals surface area contributed by atoms with Crippen LogP contribution in [-0.2, 0) is 30.2 Å². The number of pyridine rings is 1. The zero-order valence-electron chi connectivity index (χ0n) is 33.7. The number of rotatable bonds is 6. The Balaban J connectivity index is 1.54. The van der Waals surface area contributed by atoms with Crippen LogP contribution in [0.1, 0.15) is 56.6 Å². The SMILES string of the molecule is COc1cc2cc(c1Cl)N(C)C(=O)C/C(OC(=O)[C@H](C)N(C)C(=O)c1cc3ccc(N)cc3cn1)=C(\C)[C@@H](O)[C@H](C)[C@@H]1C[C@@](O)(NC(=O)O1)[C@H](OC)/C=C/C=C(\C)C2. The number of anilines is 2. The van der Waals surface area contributed by atoms with Crippen molar-refractivity contribution >= 4 is 57.6 Å². The van der Waals surface area contributed by atoms with Crippen LogP contribution in [0, 0.1) is 5.92 Å². The maximum absolute atomic E-state index is 14.1. The van der Waals surface area contributed by atoms with Gasteiger partial charge in [-0.3, -0.25) is 19.9 Å². The van der Waals surface area contributed by atoms with E-state index in [1.807, 2.05) is 13.0 Å². The Morgan fingerprint density at radius 2 is 1.86 bits per heavy atom. The molecular formula is C42H50ClN5O10. The molecule has 0 saturated carbocycles. The van der Waals surface area contributed by atoms with Crippen molar-refractivity contribution < 1.29 is 48.3 Å². The fourth-order valence-electron chi connectivity index (χ4n) is 6.90. The second-order valence-corrected chi connectivity index (χ2v) is 15.2. The van der Waals surface area contributed by atoms with E-state index in [1.54, 1.807) is 55.5 Å². The van der Waals surface area contributed by atoms with Gasteiger partial charge in [-0.05, 0) is 74.0 Å². The first-order valence-corrected chi connectivity index (χ1v) is 19.0. The van der Waals surface area contributed by atoms with Gasteiger partial charge in [0.25, 0.3) is 5.91 Å². The summed E-state index contributed by atoms with van der Waals surface area (Å²) in [5.74, 6) is -2.84. The molecule has 2 aromatic carbocycles. The van der Waals surface area contributed by atoms with Crippen LogP contribution in [-0.4, -0.2) is 102 Å². The minimum absolute atomic E-state index is 0.0655. The predicted molar refractivity (Wildman–Crippen MR) is 218 cm³/mol. The number of esters is 1. The Morgan fingerprint density at radius 1 is 1.14 bits per heavy atom. The number of methoxy groups -OCH3 is 2. The van der Waals surface area contributed by atoms with E-state index in [-0.39, 0.29) is 28.5 Å². The highest BCUT2D eigenvalue weighted by Crippen LogP contribution is 2.38. The number of ether oxygens (including phenoxy) is 4. The van der Waals surface area contributed by atoms with Crippen molar-refractivity contribution in [2.75, 3.05) is 38.9 Å². The van der Waals surface area contributed by atoms with Gasteiger partial charge >= 0.3 is 12.1 Å². The van der Waals surface area contributed by atoms with Crippen LogP contribution in [0.25, 0.3) is 10.8 Å². The van der Waals surface area contributed by atoms with Crippen molar-refractivity contribution in [3.63, 3.8) is 0 Å². The molecule has 0 unspecified atom stereocenters. The molecule has 4 bridgehead atoms. The van der Waals surface area contributed by atoms with Gasteiger partial charge in [-0.25, -0.2) is 9.59 Å². The summed E-state index contributed by atoms with van der Waals surface area (Å²) >= 11 is 6.75. The van der Waals surface area contributed by atoms with Gasteiger partial charge in [0.15, 0.2) is 5.72 Å². The van der Waals surface area contributed by atoms with Crippen molar-refractivity contribution in [3.8, 4) is 5.75 Å². The lowest BCUT2D eigenvalue weighted by Gasteiger charge is -2.42. The Bertz CT molecular complexity index is 2190. The number of nitrogens with one attached hydrogen (secondary N) is 1. The number of carbonyl (C=O) groups is 4. The second-order valence-electron chi connectivity index (χ2n) is 14.8. The molecule has 310 valence electrons. The summed E-state index contributed by atoms with van der Waals surface area (Å²) in [6, 6.07) is 9.08. The summed E-state index contributed by atoms with van der Waals surface area (Å²) in [4.78, 5) is 61.2. The molecule has 1 aromatic heterocycles. The summed E-state index contributed by atoms with van der Waals surface area (Å²) in [6.07, 6.45) is 1.82. The molecule has 1 fully saturated rings. The van der Waals surface area contributed by atoms with Gasteiger partial charge < -0.3 is 44.7 Å². The third-order valence-corrected chi connectivity index (χ3v) is 11.1. The molecule has 3 aromatic rings. The van der Waals surface area contributed by atoms with Gasteiger partial charge in [-0.1, -0.05) is 48.4 Å². The van der Waals surface area contributed by atoms with E-state index in [9.17, 15) is 29.4 Å². The minimum Gasteiger partial charge on any atom is -0.495 e. The fraction of sp³-hybridized carbons (Fsp3) is 0.405. The largest absolute Gasteiger partial charge is 0.495 e. The number of allylic oxidation sites excluding steroid dienone is 3. The number of aliphatic hydroxyl groups is 2. The van der Waals surface area contributed by atoms with E-state index >= 15 is 0 Å². The zero-order valence-corrected chi connectivity index (χ0v) is 34.5. The normalized spacial score (nSPS) is 26.5. The number of nitrogens with zero attached hydrogens (tertiary/aromatic N) is 3. The number of nitrogen functional groups attached to an aromatic ring is 1. The van der Waals surface area contributed by atoms with E-state index in [0.717, 1.165) is 26.8 Å². The fourth-order valence-corrected chi connectivity index (χ4v) is 7.21. The Labute approximate surface area is 342 Å². The predicted octanol–water partition coefficient (Wildman–Crippen LogP) is 5.07. The minimum atomic E-state index is -1.94. The third-order valence-electron chi connectivity index (χ3n) is 10.7. The van der Waals surface area contributed by atoms with Gasteiger partial charge in [0.05, 0.1) is 25.3 Å². The number of hydrogen-bond donors (Lipinski definition) is 4. The van der Waals surface area contributed by atoms with Crippen molar-refractivity contribution in [1.82, 2.24) is 15.2 Å². The molecule has 2 aliphatic rings. The average Bonchev–Trinajstić information content (AvgIpc) is 3.19. The number of alkyl carbamates (subject to hydrolysis) is 1. The Kier molecular flexibility index (Phi) is 13.5. The summed E-state index contributed by atoms with van der Waals surface area (Å²) < 4.78 is 22.6. The number of fused-ring (bicyclic) bond motifs is 5. The van der Waals surface area contributed by atoms with Crippen LogP contribution in [0.15, 0.2) is 77.7 Å². The molecule has 0 radical (unpaired) electrons. The highest BCUT2D eigenvalue weighted by molar-refractivity contribution is 6.35. The Morgan fingerprint density at radius 3 is 2.55 bits per heavy atom. The third kappa shape index (κ3) is 9.45. The summed E-state index contributed by atoms with van der Waals surface area (Å²) in [7, 11) is 5.77. The molecule has 0 aliphatic carbocycles. The summed E-state index contributed by atoms with van der Waals surface area (Å²) in [5.41, 5.74) is 6.59. The number of nitrogens with two attached hydrogens (primary N) is 1. The van der Waals surface area contributed by atoms with E-state index in [0.29, 0.717) is 23.5 Å². The van der Waals surface area contributed by atoms with Crippen molar-refractivity contribution in [3.05, 3.63) is 94.0 Å². The van der Waals surface area contributed by atoms with Crippen LogP contribution < -0.4 is 20.7 Å². The van der Waals surface area contributed by atoms with Crippen molar-refractivity contribution in [2.24, 2.45) is 5.92 Å². The van der Waals surface area contributed by atoms with E-state index in [1.165, 1.54) is 53.3 Å². The summed E-state index contributed by atoms with van der Waals surface area (Å²) in [6.45, 7) is 6.42. The molecule has 3 heterocycles. The summed E-state index contributed by atoms with van der Waals surface area (Å²) in [5, 5.41) is 27.6. The number of carbonyl (C=O) groups excluding carboxylic acids is 4. The van der Waals surface area contributed by atoms with Gasteiger partial charge in [-0.15, -0.1) is 0 Å². The lowest BCUT2D eigenvalue weighted by molar-refractivity contribution is -0.146. The van der Waals surface area contributed by atoms with Crippen LogP contribution in [0.3, 0.4) is 0 Å². The van der Waals surface area contributed by atoms with Crippen LogP contribution in [0.2, 0.25) is 5.02 Å². The molecule has 5 N–H and O–H groups in total. The van der Waals surface area contributed by atoms with E-state index < -0.39 is 66.3 Å². The highest BCUT2D eigenvalue weighted by atomic mass is 35.5.